The van der Waals surface area contributed by atoms with Gasteiger partial charge in [0.05, 0.1) is 5.56 Å². The Balaban J connectivity index is 2.37. The average molecular weight is 325 g/mol. The zero-order valence-corrected chi connectivity index (χ0v) is 11.4. The fourth-order valence-electron chi connectivity index (χ4n) is 1.31. The van der Waals surface area contributed by atoms with Crippen molar-refractivity contribution in [3.05, 3.63) is 45.5 Å². The number of ether oxygens (including phenoxy) is 1. The third-order valence-electron chi connectivity index (χ3n) is 2.10. The maximum absolute atomic E-state index is 8.99. The Morgan fingerprint density at radius 1 is 1.39 bits per heavy atom. The molecule has 1 heterocycles. The largest absolute Gasteiger partial charge is 0.436 e. The van der Waals surface area contributed by atoms with E-state index >= 15 is 0 Å². The predicted molar refractivity (Wildman–Crippen MR) is 72.6 cm³/mol. The number of nitrogens with zero attached hydrogens (tertiary/aromatic N) is 2. The summed E-state index contributed by atoms with van der Waals surface area (Å²) in [5, 5.41) is 9.34. The summed E-state index contributed by atoms with van der Waals surface area (Å²) in [4.78, 5) is 4.03. The van der Waals surface area contributed by atoms with Crippen molar-refractivity contribution in [3.8, 4) is 17.7 Å². The zero-order chi connectivity index (χ0) is 13.1. The highest BCUT2D eigenvalue weighted by Gasteiger charge is 2.09. The second kappa shape index (κ2) is 5.25. The highest BCUT2D eigenvalue weighted by atomic mass is 79.9. The molecule has 1 aromatic heterocycles. The maximum atomic E-state index is 8.99. The van der Waals surface area contributed by atoms with Crippen molar-refractivity contribution in [1.29, 1.82) is 5.26 Å². The van der Waals surface area contributed by atoms with Crippen LogP contribution in [0.3, 0.4) is 0 Å². The Morgan fingerprint density at radius 2 is 2.17 bits per heavy atom. The Bertz CT molecular complexity index is 640. The van der Waals surface area contributed by atoms with Crippen molar-refractivity contribution in [2.45, 2.75) is 0 Å². The van der Waals surface area contributed by atoms with Crippen LogP contribution in [0.15, 0.2) is 34.9 Å². The number of aromatic nitrogens is 1. The van der Waals surface area contributed by atoms with Gasteiger partial charge in [0.25, 0.3) is 0 Å². The number of nitrogens with two attached hydrogens (primary N) is 1. The number of hydrogen-bond acceptors (Lipinski definition) is 4. The summed E-state index contributed by atoms with van der Waals surface area (Å²) in [6, 6.07) is 8.44. The van der Waals surface area contributed by atoms with Gasteiger partial charge in [0.2, 0.25) is 5.88 Å². The van der Waals surface area contributed by atoms with Crippen LogP contribution >= 0.6 is 27.5 Å². The molecule has 4 nitrogen and oxygen atoms in total. The lowest BCUT2D eigenvalue weighted by Crippen LogP contribution is -1.93. The van der Waals surface area contributed by atoms with E-state index in [1.165, 1.54) is 6.07 Å². The third-order valence-corrected chi connectivity index (χ3v) is 2.81. The molecule has 18 heavy (non-hydrogen) atoms. The van der Waals surface area contributed by atoms with Crippen LogP contribution in [0.4, 0.5) is 5.69 Å². The van der Waals surface area contributed by atoms with E-state index in [0.29, 0.717) is 22.0 Å². The molecule has 0 amide bonds. The zero-order valence-electron chi connectivity index (χ0n) is 9.02. The van der Waals surface area contributed by atoms with E-state index in [1.54, 1.807) is 24.4 Å². The van der Waals surface area contributed by atoms with Gasteiger partial charge in [-0.15, -0.1) is 0 Å². The molecule has 0 atom stereocenters. The first kappa shape index (κ1) is 12.7. The predicted octanol–water partition coefficient (Wildman–Crippen LogP) is 3.74. The molecular weight excluding hydrogens is 318 g/mol. The lowest BCUT2D eigenvalue weighted by Gasteiger charge is -2.08. The quantitative estimate of drug-likeness (QED) is 0.854. The number of benzene rings is 1. The van der Waals surface area contributed by atoms with Crippen molar-refractivity contribution in [2.75, 3.05) is 5.73 Å². The Hall–Kier alpha value is -1.77. The van der Waals surface area contributed by atoms with Gasteiger partial charge in [-0.2, -0.15) is 5.26 Å². The number of pyridine rings is 1. The molecule has 0 fully saturated rings. The fourth-order valence-corrected chi connectivity index (χ4v) is 1.97. The van der Waals surface area contributed by atoms with Gasteiger partial charge in [-0.1, -0.05) is 11.6 Å². The van der Waals surface area contributed by atoms with Crippen molar-refractivity contribution < 1.29 is 4.74 Å². The van der Waals surface area contributed by atoms with Crippen LogP contribution in [-0.4, -0.2) is 4.98 Å². The summed E-state index contributed by atoms with van der Waals surface area (Å²) in [7, 11) is 0. The first-order valence-electron chi connectivity index (χ1n) is 4.88. The van der Waals surface area contributed by atoms with Gasteiger partial charge in [0.1, 0.15) is 16.8 Å². The van der Waals surface area contributed by atoms with Crippen LogP contribution in [0.25, 0.3) is 0 Å². The number of rotatable bonds is 2. The molecule has 2 aromatic rings. The second-order valence-electron chi connectivity index (χ2n) is 3.41. The average Bonchev–Trinajstić information content (AvgIpc) is 2.34. The van der Waals surface area contributed by atoms with Crippen molar-refractivity contribution in [1.82, 2.24) is 4.98 Å². The van der Waals surface area contributed by atoms with E-state index in [4.69, 9.17) is 27.3 Å². The minimum absolute atomic E-state index is 0.237. The highest BCUT2D eigenvalue weighted by Crippen LogP contribution is 2.31. The first-order chi connectivity index (χ1) is 8.60. The van der Waals surface area contributed by atoms with Crippen molar-refractivity contribution in [3.63, 3.8) is 0 Å². The molecule has 0 saturated heterocycles. The lowest BCUT2D eigenvalue weighted by molar-refractivity contribution is 0.461. The molecule has 0 aliphatic carbocycles. The summed E-state index contributed by atoms with van der Waals surface area (Å²) in [5.41, 5.74) is 6.42. The lowest BCUT2D eigenvalue weighted by atomic mass is 10.2. The molecule has 0 saturated carbocycles. The van der Waals surface area contributed by atoms with E-state index in [-0.39, 0.29) is 5.88 Å². The van der Waals surface area contributed by atoms with Gasteiger partial charge < -0.3 is 10.5 Å². The summed E-state index contributed by atoms with van der Waals surface area (Å²) in [6.07, 6.45) is 1.56. The molecule has 6 heteroatoms. The van der Waals surface area contributed by atoms with Gasteiger partial charge >= 0.3 is 0 Å². The minimum Gasteiger partial charge on any atom is -0.436 e. The van der Waals surface area contributed by atoms with Gasteiger partial charge in [0, 0.05) is 16.4 Å². The fraction of sp³-hybridized carbons (Fsp3) is 0. The summed E-state index contributed by atoms with van der Waals surface area (Å²) >= 11 is 9.23. The summed E-state index contributed by atoms with van der Waals surface area (Å²) < 4.78 is 6.25. The van der Waals surface area contributed by atoms with Crippen molar-refractivity contribution >= 4 is 33.2 Å². The standard InChI is InChI=1S/C12H7BrClN3O/c13-8-4-10(14)12(17-6-8)18-11-2-1-9(16)3-7(11)5-15/h1-4,6H,16H2. The number of halogens is 2. The van der Waals surface area contributed by atoms with E-state index in [9.17, 15) is 0 Å². The van der Waals surface area contributed by atoms with E-state index in [2.05, 4.69) is 20.9 Å². The number of hydrogen-bond donors (Lipinski definition) is 1. The summed E-state index contributed by atoms with van der Waals surface area (Å²) in [5.74, 6) is 0.601. The van der Waals surface area contributed by atoms with Gasteiger partial charge in [-0.3, -0.25) is 0 Å². The van der Waals surface area contributed by atoms with Crippen LogP contribution in [0.2, 0.25) is 5.02 Å². The van der Waals surface area contributed by atoms with Gasteiger partial charge in [-0.05, 0) is 40.2 Å². The minimum atomic E-state index is 0.237. The molecule has 0 aliphatic heterocycles. The Labute approximate surface area is 117 Å². The Kier molecular flexibility index (Phi) is 3.70. The number of anilines is 1. The van der Waals surface area contributed by atoms with Gasteiger partial charge in [-0.25, -0.2) is 4.98 Å². The smallest absolute Gasteiger partial charge is 0.238 e. The SMILES string of the molecule is N#Cc1cc(N)ccc1Oc1ncc(Br)cc1Cl. The topological polar surface area (TPSA) is 71.9 Å². The number of nitrogen functional groups attached to an aromatic ring is 1. The maximum Gasteiger partial charge on any atom is 0.238 e. The van der Waals surface area contributed by atoms with E-state index in [1.807, 2.05) is 6.07 Å². The molecule has 0 radical (unpaired) electrons. The molecule has 90 valence electrons. The van der Waals surface area contributed by atoms with Gasteiger partial charge in [0.15, 0.2) is 0 Å². The molecule has 0 bridgehead atoms. The molecule has 2 rings (SSSR count). The van der Waals surface area contributed by atoms with Crippen LogP contribution < -0.4 is 10.5 Å². The van der Waals surface area contributed by atoms with Crippen LogP contribution in [0, 0.1) is 11.3 Å². The Morgan fingerprint density at radius 3 is 2.83 bits per heavy atom. The monoisotopic (exact) mass is 323 g/mol. The first-order valence-corrected chi connectivity index (χ1v) is 6.06. The summed E-state index contributed by atoms with van der Waals surface area (Å²) in [6.45, 7) is 0. The number of nitriles is 1. The van der Waals surface area contributed by atoms with E-state index in [0.717, 1.165) is 4.47 Å². The van der Waals surface area contributed by atoms with Crippen LogP contribution in [-0.2, 0) is 0 Å². The molecule has 2 N–H and O–H groups in total. The normalized spacial score (nSPS) is 9.83. The van der Waals surface area contributed by atoms with Crippen LogP contribution in [0.1, 0.15) is 5.56 Å². The highest BCUT2D eigenvalue weighted by molar-refractivity contribution is 9.10. The molecule has 1 aromatic carbocycles. The van der Waals surface area contributed by atoms with Crippen LogP contribution in [0.5, 0.6) is 11.6 Å². The third kappa shape index (κ3) is 2.73. The molecule has 0 aliphatic rings. The van der Waals surface area contributed by atoms with E-state index < -0.39 is 0 Å². The molecule has 0 unspecified atom stereocenters. The second-order valence-corrected chi connectivity index (χ2v) is 4.73. The molecular formula is C12H7BrClN3O. The molecule has 0 spiro atoms. The van der Waals surface area contributed by atoms with Crippen molar-refractivity contribution in [2.24, 2.45) is 0 Å².